The maximum atomic E-state index is 14.5. The monoisotopic (exact) mass is 544 g/mol. The normalized spacial score (nSPS) is 25.3. The number of rotatable bonds is 5. The Hall–Kier alpha value is -1.72. The van der Waals surface area contributed by atoms with Crippen LogP contribution in [0.15, 0.2) is 35.0 Å². The molecule has 0 aromatic carbocycles. The predicted octanol–water partition coefficient (Wildman–Crippen LogP) is 4.91. The molecular formula is C23H24Cl2F2N4O3S. The fraction of sp³-hybridized carbons (Fsp3) is 0.522. The maximum absolute atomic E-state index is 14.5. The van der Waals surface area contributed by atoms with E-state index in [1.807, 2.05) is 0 Å². The lowest BCUT2D eigenvalue weighted by Crippen LogP contribution is -2.61. The first-order valence-corrected chi connectivity index (χ1v) is 13.0. The molecule has 3 aliphatic heterocycles. The molecule has 2 fully saturated rings. The molecule has 0 aliphatic carbocycles. The van der Waals surface area contributed by atoms with Gasteiger partial charge in [0.05, 0.1) is 32.8 Å². The van der Waals surface area contributed by atoms with Crippen LogP contribution in [0.2, 0.25) is 5.02 Å². The number of allylic oxidation sites excluding steroid dienone is 1. The second-order valence-corrected chi connectivity index (χ2v) is 11.1. The van der Waals surface area contributed by atoms with E-state index in [-0.39, 0.29) is 12.3 Å². The second kappa shape index (κ2) is 9.63. The van der Waals surface area contributed by atoms with Crippen LogP contribution in [0.25, 0.3) is 5.82 Å². The molecule has 1 spiro atoms. The van der Waals surface area contributed by atoms with Crippen molar-refractivity contribution in [1.29, 1.82) is 0 Å². The summed E-state index contributed by atoms with van der Waals surface area (Å²) in [5.41, 5.74) is 0.218. The van der Waals surface area contributed by atoms with Crippen molar-refractivity contribution >= 4 is 40.9 Å². The molecule has 2 unspecified atom stereocenters. The number of carbonyl (C=O) groups is 1. The summed E-state index contributed by atoms with van der Waals surface area (Å²) in [5.74, 6) is -3.96. The molecule has 0 amide bonds. The Labute approximate surface area is 215 Å². The highest BCUT2D eigenvalue weighted by Crippen LogP contribution is 2.56. The summed E-state index contributed by atoms with van der Waals surface area (Å²) >= 11 is 13.7. The fourth-order valence-electron chi connectivity index (χ4n) is 4.97. The van der Waals surface area contributed by atoms with Crippen LogP contribution >= 0.6 is 35.0 Å². The third-order valence-electron chi connectivity index (χ3n) is 6.75. The lowest BCUT2D eigenvalue weighted by atomic mass is 9.77. The summed E-state index contributed by atoms with van der Waals surface area (Å²) in [7, 11) is 0. The summed E-state index contributed by atoms with van der Waals surface area (Å²) in [6.07, 6.45) is 5.99. The van der Waals surface area contributed by atoms with Crippen molar-refractivity contribution in [1.82, 2.24) is 19.7 Å². The molecule has 5 heterocycles. The average Bonchev–Trinajstić information content (AvgIpc) is 3.44. The SMILES string of the molecule is CCOC(=O)c1nn(-c2ncccc2Cl)cc1CN1CCC2(CC1)OCC(F)(F)C1C=C(Cl)SC12. The predicted molar refractivity (Wildman–Crippen MR) is 129 cm³/mol. The Morgan fingerprint density at radius 2 is 2.11 bits per heavy atom. The van der Waals surface area contributed by atoms with Gasteiger partial charge in [-0.05, 0) is 38.0 Å². The fourth-order valence-corrected chi connectivity index (χ4v) is 7.01. The summed E-state index contributed by atoms with van der Waals surface area (Å²) < 4.78 is 41.9. The molecule has 5 rings (SSSR count). The number of fused-ring (bicyclic) bond motifs is 2. The summed E-state index contributed by atoms with van der Waals surface area (Å²) in [4.78, 5) is 19.0. The number of carbonyl (C=O) groups excluding carboxylic acids is 1. The van der Waals surface area contributed by atoms with Crippen LogP contribution in [0.4, 0.5) is 8.78 Å². The van der Waals surface area contributed by atoms with Crippen molar-refractivity contribution in [2.45, 2.75) is 43.1 Å². The minimum absolute atomic E-state index is 0.199. The molecule has 2 aromatic rings. The highest BCUT2D eigenvalue weighted by molar-refractivity contribution is 8.05. The molecule has 7 nitrogen and oxygen atoms in total. The first kappa shape index (κ1) is 25.0. The summed E-state index contributed by atoms with van der Waals surface area (Å²) in [6, 6.07) is 3.41. The number of aromatic nitrogens is 3. The number of ether oxygens (including phenoxy) is 2. The standard InChI is InChI=1S/C23H24Cl2F2N4O3S/c1-2-33-21(32)18-14(12-31(29-18)20-16(24)4-3-7-28-20)11-30-8-5-22(6-9-30)19-15(10-17(25)35-19)23(26,27)13-34-22/h3-4,7,10,12,15,19H,2,5-6,8-9,11,13H2,1H3. The van der Waals surface area contributed by atoms with Crippen molar-refractivity contribution in [3.8, 4) is 5.82 Å². The van der Waals surface area contributed by atoms with E-state index in [0.29, 0.717) is 53.2 Å². The number of alkyl halides is 2. The number of esters is 1. The van der Waals surface area contributed by atoms with Gasteiger partial charge in [-0.25, -0.2) is 23.2 Å². The molecule has 35 heavy (non-hydrogen) atoms. The van der Waals surface area contributed by atoms with Crippen molar-refractivity contribution in [3.63, 3.8) is 0 Å². The Morgan fingerprint density at radius 1 is 1.34 bits per heavy atom. The van der Waals surface area contributed by atoms with Crippen molar-refractivity contribution in [2.75, 3.05) is 26.3 Å². The number of likely N-dealkylation sites (tertiary alicyclic amines) is 1. The lowest BCUT2D eigenvalue weighted by Gasteiger charge is -2.51. The highest BCUT2D eigenvalue weighted by atomic mass is 35.5. The van der Waals surface area contributed by atoms with E-state index >= 15 is 0 Å². The van der Waals surface area contributed by atoms with Gasteiger partial charge >= 0.3 is 5.97 Å². The average molecular weight is 545 g/mol. The van der Waals surface area contributed by atoms with E-state index in [0.717, 1.165) is 0 Å². The highest BCUT2D eigenvalue weighted by Gasteiger charge is 2.60. The second-order valence-electron chi connectivity index (χ2n) is 8.90. The van der Waals surface area contributed by atoms with Crippen LogP contribution in [0.1, 0.15) is 35.8 Å². The van der Waals surface area contributed by atoms with Crippen LogP contribution in [-0.2, 0) is 16.0 Å². The minimum Gasteiger partial charge on any atom is -0.461 e. The van der Waals surface area contributed by atoms with Crippen molar-refractivity contribution < 1.29 is 23.0 Å². The van der Waals surface area contributed by atoms with Crippen LogP contribution in [0, 0.1) is 5.92 Å². The van der Waals surface area contributed by atoms with Crippen LogP contribution in [-0.4, -0.2) is 68.7 Å². The van der Waals surface area contributed by atoms with Gasteiger partial charge in [0.2, 0.25) is 0 Å². The Kier molecular flexibility index (Phi) is 6.86. The first-order valence-electron chi connectivity index (χ1n) is 11.4. The number of hydrogen-bond donors (Lipinski definition) is 0. The number of piperidine rings is 1. The summed E-state index contributed by atoms with van der Waals surface area (Å²) in [5, 5.41) is 4.40. The molecule has 0 saturated carbocycles. The van der Waals surface area contributed by atoms with Gasteiger partial charge in [-0.1, -0.05) is 23.2 Å². The van der Waals surface area contributed by atoms with E-state index in [4.69, 9.17) is 32.7 Å². The molecule has 12 heteroatoms. The van der Waals surface area contributed by atoms with Crippen LogP contribution in [0.5, 0.6) is 0 Å². The van der Waals surface area contributed by atoms with E-state index in [2.05, 4.69) is 15.0 Å². The lowest BCUT2D eigenvalue weighted by molar-refractivity contribution is -0.215. The molecule has 3 aliphatic rings. The van der Waals surface area contributed by atoms with Gasteiger partial charge < -0.3 is 9.47 Å². The Morgan fingerprint density at radius 3 is 2.83 bits per heavy atom. The van der Waals surface area contributed by atoms with Gasteiger partial charge in [0.1, 0.15) is 6.61 Å². The number of hydrogen-bond acceptors (Lipinski definition) is 7. The molecule has 2 aromatic heterocycles. The quantitative estimate of drug-likeness (QED) is 0.495. The van der Waals surface area contributed by atoms with Gasteiger partial charge in [0.25, 0.3) is 5.92 Å². The largest absolute Gasteiger partial charge is 0.461 e. The molecule has 0 radical (unpaired) electrons. The molecule has 0 bridgehead atoms. The number of nitrogens with zero attached hydrogens (tertiary/aromatic N) is 4. The number of halogens is 4. The van der Waals surface area contributed by atoms with E-state index in [1.54, 1.807) is 31.5 Å². The smallest absolute Gasteiger partial charge is 0.359 e. The third kappa shape index (κ3) is 4.71. The molecule has 188 valence electrons. The zero-order valence-corrected chi connectivity index (χ0v) is 21.3. The molecular weight excluding hydrogens is 521 g/mol. The van der Waals surface area contributed by atoms with Crippen LogP contribution < -0.4 is 0 Å². The maximum Gasteiger partial charge on any atom is 0.359 e. The Balaban J connectivity index is 1.34. The molecule has 0 N–H and O–H groups in total. The van der Waals surface area contributed by atoms with Crippen LogP contribution in [0.3, 0.4) is 0 Å². The topological polar surface area (TPSA) is 69.5 Å². The van der Waals surface area contributed by atoms with Gasteiger partial charge in [-0.3, -0.25) is 4.90 Å². The zero-order valence-electron chi connectivity index (χ0n) is 18.9. The van der Waals surface area contributed by atoms with Crippen molar-refractivity contribution in [3.05, 3.63) is 51.2 Å². The van der Waals surface area contributed by atoms with Gasteiger partial charge in [0, 0.05) is 37.6 Å². The van der Waals surface area contributed by atoms with Gasteiger partial charge in [-0.15, -0.1) is 11.8 Å². The van der Waals surface area contributed by atoms with Gasteiger partial charge in [-0.2, -0.15) is 5.10 Å². The number of thioether (sulfide) groups is 1. The van der Waals surface area contributed by atoms with Crippen molar-refractivity contribution in [2.24, 2.45) is 5.92 Å². The Bertz CT molecular complexity index is 1150. The van der Waals surface area contributed by atoms with E-state index in [1.165, 1.54) is 22.5 Å². The van der Waals surface area contributed by atoms with Gasteiger partial charge in [0.15, 0.2) is 11.5 Å². The van der Waals surface area contributed by atoms with E-state index < -0.39 is 35.3 Å². The summed E-state index contributed by atoms with van der Waals surface area (Å²) in [6.45, 7) is 3.03. The molecule has 2 saturated heterocycles. The number of pyridine rings is 1. The van der Waals surface area contributed by atoms with E-state index in [9.17, 15) is 13.6 Å². The first-order chi connectivity index (χ1) is 16.7. The minimum atomic E-state index is -2.92. The third-order valence-corrected chi connectivity index (χ3v) is 8.77. The molecule has 2 atom stereocenters. The zero-order chi connectivity index (χ0) is 24.8.